The van der Waals surface area contributed by atoms with Crippen molar-refractivity contribution in [3.8, 4) is 11.3 Å². The predicted octanol–water partition coefficient (Wildman–Crippen LogP) is 3.83. The van der Waals surface area contributed by atoms with Crippen LogP contribution in [0.4, 0.5) is 0 Å². The van der Waals surface area contributed by atoms with E-state index in [2.05, 4.69) is 42.3 Å². The highest BCUT2D eigenvalue weighted by molar-refractivity contribution is 5.96. The third kappa shape index (κ3) is 3.92. The first-order valence-electron chi connectivity index (χ1n) is 11.1. The lowest BCUT2D eigenvalue weighted by molar-refractivity contribution is 0.0825. The van der Waals surface area contributed by atoms with Gasteiger partial charge in [-0.05, 0) is 67.1 Å². The third-order valence-electron chi connectivity index (χ3n) is 6.36. The molecule has 1 aliphatic rings. The summed E-state index contributed by atoms with van der Waals surface area (Å²) in [6, 6.07) is 8.49. The van der Waals surface area contributed by atoms with E-state index >= 15 is 0 Å². The fourth-order valence-electron chi connectivity index (χ4n) is 4.71. The summed E-state index contributed by atoms with van der Waals surface area (Å²) in [6.45, 7) is 6.52. The molecule has 1 saturated heterocycles. The van der Waals surface area contributed by atoms with Gasteiger partial charge in [0, 0.05) is 43.8 Å². The maximum Gasteiger partial charge on any atom is 0.263 e. The molecular formula is C25H32N4O2. The van der Waals surface area contributed by atoms with Gasteiger partial charge in [-0.2, -0.15) is 0 Å². The van der Waals surface area contributed by atoms with Gasteiger partial charge in [-0.1, -0.05) is 19.9 Å². The molecule has 1 amide bonds. The summed E-state index contributed by atoms with van der Waals surface area (Å²) in [4.78, 5) is 30.2. The minimum atomic E-state index is -0.280. The third-order valence-corrected chi connectivity index (χ3v) is 6.36. The van der Waals surface area contributed by atoms with Crippen LogP contribution in [-0.2, 0) is 7.05 Å². The van der Waals surface area contributed by atoms with Gasteiger partial charge in [0.05, 0.1) is 5.69 Å². The smallest absolute Gasteiger partial charge is 0.263 e. The lowest BCUT2D eigenvalue weighted by Crippen LogP contribution is -2.31. The van der Waals surface area contributed by atoms with Crippen molar-refractivity contribution in [2.75, 3.05) is 27.2 Å². The first-order chi connectivity index (χ1) is 14.8. The van der Waals surface area contributed by atoms with Gasteiger partial charge in [0.25, 0.3) is 11.5 Å². The fourth-order valence-corrected chi connectivity index (χ4v) is 4.71. The topological polar surface area (TPSA) is 70.1 Å². The van der Waals surface area contributed by atoms with E-state index in [9.17, 15) is 9.59 Å². The van der Waals surface area contributed by atoms with Crippen molar-refractivity contribution in [1.29, 1.82) is 0 Å². The van der Waals surface area contributed by atoms with Crippen molar-refractivity contribution >= 4 is 16.8 Å². The molecule has 0 saturated carbocycles. The molecule has 0 spiro atoms. The lowest BCUT2D eigenvalue weighted by atomic mass is 9.88. The average Bonchev–Trinajstić information content (AvgIpc) is 3.14. The standard InChI is InChI=1S/C25H32N4O2/c1-15(2)22-19-12-17(16-8-10-26-11-9-16)6-7-21(19)27-23(22)18-13-20(24(30)28(3)4)25(31)29(5)14-18/h6-7,12-16,26-27H,8-11H2,1-5H3. The second kappa shape index (κ2) is 8.35. The number of nitrogens with one attached hydrogen (secondary N) is 2. The number of carbonyl (C=O) groups excluding carboxylic acids is 1. The number of amides is 1. The van der Waals surface area contributed by atoms with Gasteiger partial charge in [-0.3, -0.25) is 9.59 Å². The normalized spacial score (nSPS) is 15.0. The number of benzene rings is 1. The molecule has 3 aromatic rings. The van der Waals surface area contributed by atoms with Crippen molar-refractivity contribution in [3.63, 3.8) is 0 Å². The van der Waals surface area contributed by atoms with Gasteiger partial charge >= 0.3 is 0 Å². The van der Waals surface area contributed by atoms with Crippen LogP contribution < -0.4 is 10.9 Å². The first-order valence-corrected chi connectivity index (χ1v) is 11.1. The maximum atomic E-state index is 12.6. The van der Waals surface area contributed by atoms with E-state index in [1.54, 1.807) is 27.2 Å². The summed E-state index contributed by atoms with van der Waals surface area (Å²) < 4.78 is 1.50. The predicted molar refractivity (Wildman–Crippen MR) is 126 cm³/mol. The van der Waals surface area contributed by atoms with E-state index in [0.717, 1.165) is 42.7 Å². The number of piperidine rings is 1. The number of aromatic amines is 1. The van der Waals surface area contributed by atoms with E-state index < -0.39 is 0 Å². The van der Waals surface area contributed by atoms with E-state index in [4.69, 9.17) is 0 Å². The number of pyridine rings is 1. The van der Waals surface area contributed by atoms with E-state index in [-0.39, 0.29) is 22.9 Å². The molecule has 1 fully saturated rings. The van der Waals surface area contributed by atoms with Crippen LogP contribution in [-0.4, -0.2) is 47.5 Å². The second-order valence-corrected chi connectivity index (χ2v) is 9.16. The van der Waals surface area contributed by atoms with Crippen LogP contribution in [0.3, 0.4) is 0 Å². The summed E-state index contributed by atoms with van der Waals surface area (Å²) >= 11 is 0. The number of H-pyrrole nitrogens is 1. The lowest BCUT2D eigenvalue weighted by Gasteiger charge is -2.23. The van der Waals surface area contributed by atoms with Gasteiger partial charge in [-0.15, -0.1) is 0 Å². The zero-order valence-electron chi connectivity index (χ0n) is 19.1. The summed E-state index contributed by atoms with van der Waals surface area (Å²) in [6.07, 6.45) is 4.15. The van der Waals surface area contributed by atoms with Crippen LogP contribution in [0.1, 0.15) is 60.0 Å². The number of hydrogen-bond acceptors (Lipinski definition) is 3. The molecule has 31 heavy (non-hydrogen) atoms. The molecule has 0 radical (unpaired) electrons. The van der Waals surface area contributed by atoms with Crippen molar-refractivity contribution in [2.45, 2.75) is 38.5 Å². The van der Waals surface area contributed by atoms with Crippen LogP contribution in [0.15, 0.2) is 35.3 Å². The maximum absolute atomic E-state index is 12.6. The van der Waals surface area contributed by atoms with Crippen LogP contribution in [0.2, 0.25) is 0 Å². The fraction of sp³-hybridized carbons (Fsp3) is 0.440. The molecule has 3 heterocycles. The molecule has 164 valence electrons. The van der Waals surface area contributed by atoms with Crippen LogP contribution in [0, 0.1) is 0 Å². The molecule has 2 N–H and O–H groups in total. The molecule has 6 nitrogen and oxygen atoms in total. The highest BCUT2D eigenvalue weighted by atomic mass is 16.2. The Balaban J connectivity index is 1.89. The number of rotatable bonds is 4. The Morgan fingerprint density at radius 2 is 1.87 bits per heavy atom. The Bertz CT molecular complexity index is 1180. The zero-order chi connectivity index (χ0) is 22.3. The number of nitrogens with zero attached hydrogens (tertiary/aromatic N) is 2. The van der Waals surface area contributed by atoms with E-state index in [1.165, 1.54) is 26.0 Å². The van der Waals surface area contributed by atoms with E-state index in [0.29, 0.717) is 5.92 Å². The average molecular weight is 421 g/mol. The molecule has 4 rings (SSSR count). The van der Waals surface area contributed by atoms with Crippen molar-refractivity contribution in [1.82, 2.24) is 19.8 Å². The van der Waals surface area contributed by atoms with Crippen LogP contribution >= 0.6 is 0 Å². The molecule has 0 unspecified atom stereocenters. The summed E-state index contributed by atoms with van der Waals surface area (Å²) in [5.74, 6) is 0.598. The molecule has 6 heteroatoms. The summed E-state index contributed by atoms with van der Waals surface area (Å²) in [5.41, 5.74) is 5.46. The Kier molecular flexibility index (Phi) is 5.75. The van der Waals surface area contributed by atoms with Gasteiger partial charge in [0.2, 0.25) is 0 Å². The van der Waals surface area contributed by atoms with Gasteiger partial charge in [0.1, 0.15) is 5.56 Å². The number of hydrogen-bond donors (Lipinski definition) is 2. The summed E-state index contributed by atoms with van der Waals surface area (Å²) in [5, 5.41) is 4.68. The van der Waals surface area contributed by atoms with E-state index in [1.807, 2.05) is 6.20 Å². The first kappa shape index (κ1) is 21.4. The molecular weight excluding hydrogens is 388 g/mol. The molecule has 0 atom stereocenters. The molecule has 0 aliphatic carbocycles. The minimum absolute atomic E-state index is 0.189. The summed E-state index contributed by atoms with van der Waals surface area (Å²) in [7, 11) is 5.03. The van der Waals surface area contributed by atoms with Crippen molar-refractivity contribution < 1.29 is 4.79 Å². The highest BCUT2D eigenvalue weighted by Gasteiger charge is 2.22. The monoisotopic (exact) mass is 420 g/mol. The number of carbonyl (C=O) groups is 1. The molecule has 1 aromatic carbocycles. The molecule has 1 aliphatic heterocycles. The Morgan fingerprint density at radius 1 is 1.16 bits per heavy atom. The Labute approximate surface area is 183 Å². The van der Waals surface area contributed by atoms with Gasteiger partial charge in [0.15, 0.2) is 0 Å². The Morgan fingerprint density at radius 3 is 2.52 bits per heavy atom. The van der Waals surface area contributed by atoms with Gasteiger partial charge in [-0.25, -0.2) is 0 Å². The molecule has 0 bridgehead atoms. The van der Waals surface area contributed by atoms with Gasteiger partial charge < -0.3 is 19.8 Å². The zero-order valence-corrected chi connectivity index (χ0v) is 19.1. The van der Waals surface area contributed by atoms with Crippen molar-refractivity contribution in [3.05, 3.63) is 57.5 Å². The number of aromatic nitrogens is 2. The van der Waals surface area contributed by atoms with Crippen molar-refractivity contribution in [2.24, 2.45) is 7.05 Å². The number of fused-ring (bicyclic) bond motifs is 1. The van der Waals surface area contributed by atoms with Crippen LogP contribution in [0.25, 0.3) is 22.2 Å². The quantitative estimate of drug-likeness (QED) is 0.674. The molecule has 2 aromatic heterocycles. The Hall–Kier alpha value is -2.86. The minimum Gasteiger partial charge on any atom is -0.354 e. The van der Waals surface area contributed by atoms with Crippen LogP contribution in [0.5, 0.6) is 0 Å². The second-order valence-electron chi connectivity index (χ2n) is 9.16. The number of aryl methyl sites for hydroxylation is 1. The largest absolute Gasteiger partial charge is 0.354 e. The highest BCUT2D eigenvalue weighted by Crippen LogP contribution is 2.37. The SMILES string of the molecule is CC(C)c1c(-c2cc(C(=O)N(C)C)c(=O)n(C)c2)[nH]c2ccc(C3CCNCC3)cc12.